The van der Waals surface area contributed by atoms with Crippen molar-refractivity contribution in [2.24, 2.45) is 0 Å². The summed E-state index contributed by atoms with van der Waals surface area (Å²) in [7, 11) is 0. The first-order valence-electron chi connectivity index (χ1n) is 8.56. The first-order chi connectivity index (χ1) is 11.8. The predicted molar refractivity (Wildman–Crippen MR) is 104 cm³/mol. The quantitative estimate of drug-likeness (QED) is 0.833. The number of carbonyl (C=O) groups is 1. The minimum absolute atomic E-state index is 0.119. The molecule has 1 amide bonds. The second-order valence-electron chi connectivity index (χ2n) is 6.42. The first kappa shape index (κ1) is 19.3. The third kappa shape index (κ3) is 3.79. The van der Waals surface area contributed by atoms with Crippen molar-refractivity contribution in [1.82, 2.24) is 4.57 Å². The van der Waals surface area contributed by atoms with E-state index >= 15 is 0 Å². The Hall–Kier alpha value is -2.07. The summed E-state index contributed by atoms with van der Waals surface area (Å²) in [6.07, 6.45) is 1.98. The topological polar surface area (TPSA) is 51.1 Å². The SMILES string of the molecule is CCCCn1c(C)c(Cl)c(=O)c(C(=O)Nc2c(C)cccc2C)c1C. The van der Waals surface area contributed by atoms with Crippen molar-refractivity contribution in [3.05, 3.63) is 61.5 Å². The van der Waals surface area contributed by atoms with E-state index in [1.54, 1.807) is 6.92 Å². The van der Waals surface area contributed by atoms with E-state index in [9.17, 15) is 9.59 Å². The molecule has 2 aromatic rings. The van der Waals surface area contributed by atoms with Crippen LogP contribution in [0.25, 0.3) is 0 Å². The summed E-state index contributed by atoms with van der Waals surface area (Å²) in [5.41, 5.74) is 3.72. The molecule has 0 radical (unpaired) electrons. The van der Waals surface area contributed by atoms with Crippen molar-refractivity contribution >= 4 is 23.2 Å². The Labute approximate surface area is 153 Å². The van der Waals surface area contributed by atoms with Crippen LogP contribution < -0.4 is 10.7 Å². The highest BCUT2D eigenvalue weighted by Gasteiger charge is 2.22. The van der Waals surface area contributed by atoms with E-state index in [1.165, 1.54) is 0 Å². The Bertz CT molecular complexity index is 849. The van der Waals surface area contributed by atoms with Crippen molar-refractivity contribution in [2.45, 2.75) is 54.0 Å². The van der Waals surface area contributed by atoms with Gasteiger partial charge in [-0.3, -0.25) is 9.59 Å². The van der Waals surface area contributed by atoms with Crippen molar-refractivity contribution in [3.8, 4) is 0 Å². The summed E-state index contributed by atoms with van der Waals surface area (Å²) in [6.45, 7) is 10.3. The molecule has 0 aliphatic rings. The molecule has 0 bridgehead atoms. The maximum Gasteiger partial charge on any atom is 0.261 e. The van der Waals surface area contributed by atoms with Gasteiger partial charge < -0.3 is 9.88 Å². The summed E-state index contributed by atoms with van der Waals surface area (Å²) in [5, 5.41) is 3.01. The van der Waals surface area contributed by atoms with Gasteiger partial charge >= 0.3 is 0 Å². The van der Waals surface area contributed by atoms with Crippen LogP contribution >= 0.6 is 11.6 Å². The van der Waals surface area contributed by atoms with Gasteiger partial charge in [0.25, 0.3) is 5.91 Å². The van der Waals surface area contributed by atoms with Gasteiger partial charge in [0, 0.05) is 23.6 Å². The highest BCUT2D eigenvalue weighted by Crippen LogP contribution is 2.22. The van der Waals surface area contributed by atoms with Crippen LogP contribution in [-0.4, -0.2) is 10.5 Å². The first-order valence-corrected chi connectivity index (χ1v) is 8.94. The minimum Gasteiger partial charge on any atom is -0.347 e. The number of carbonyl (C=O) groups excluding carboxylic acids is 1. The number of benzene rings is 1. The van der Waals surface area contributed by atoms with Crippen LogP contribution in [-0.2, 0) is 6.54 Å². The van der Waals surface area contributed by atoms with Gasteiger partial charge in [-0.05, 0) is 45.2 Å². The van der Waals surface area contributed by atoms with E-state index in [0.29, 0.717) is 11.4 Å². The monoisotopic (exact) mass is 360 g/mol. The molecule has 25 heavy (non-hydrogen) atoms. The summed E-state index contributed by atoms with van der Waals surface area (Å²) < 4.78 is 1.97. The van der Waals surface area contributed by atoms with Crippen molar-refractivity contribution in [1.29, 1.82) is 0 Å². The Morgan fingerprint density at radius 1 is 1.12 bits per heavy atom. The lowest BCUT2D eigenvalue weighted by Crippen LogP contribution is -2.28. The van der Waals surface area contributed by atoms with Crippen LogP contribution in [0.4, 0.5) is 5.69 Å². The van der Waals surface area contributed by atoms with Gasteiger partial charge in [-0.25, -0.2) is 0 Å². The second-order valence-corrected chi connectivity index (χ2v) is 6.79. The van der Waals surface area contributed by atoms with Crippen LogP contribution in [0.2, 0.25) is 5.02 Å². The highest BCUT2D eigenvalue weighted by atomic mass is 35.5. The fourth-order valence-corrected chi connectivity index (χ4v) is 3.25. The van der Waals surface area contributed by atoms with E-state index < -0.39 is 11.3 Å². The van der Waals surface area contributed by atoms with E-state index in [1.807, 2.05) is 43.5 Å². The lowest BCUT2D eigenvalue weighted by Gasteiger charge is -2.19. The number of hydrogen-bond acceptors (Lipinski definition) is 2. The van der Waals surface area contributed by atoms with Gasteiger partial charge in [0.2, 0.25) is 5.43 Å². The highest BCUT2D eigenvalue weighted by molar-refractivity contribution is 6.31. The predicted octanol–water partition coefficient (Wildman–Crippen LogP) is 4.79. The van der Waals surface area contributed by atoms with Crippen LogP contribution in [0.1, 0.15) is 52.6 Å². The largest absolute Gasteiger partial charge is 0.347 e. The van der Waals surface area contributed by atoms with E-state index in [4.69, 9.17) is 11.6 Å². The number of amides is 1. The van der Waals surface area contributed by atoms with E-state index in [2.05, 4.69) is 12.2 Å². The molecular weight excluding hydrogens is 336 g/mol. The molecule has 134 valence electrons. The van der Waals surface area contributed by atoms with E-state index in [0.717, 1.165) is 36.2 Å². The lowest BCUT2D eigenvalue weighted by atomic mass is 10.1. The Balaban J connectivity index is 2.53. The number of pyridine rings is 1. The molecule has 0 aliphatic heterocycles. The zero-order valence-corrected chi connectivity index (χ0v) is 16.3. The second kappa shape index (κ2) is 7.87. The molecule has 1 heterocycles. The van der Waals surface area contributed by atoms with Crippen molar-refractivity contribution in [2.75, 3.05) is 5.32 Å². The number of aromatic nitrogens is 1. The van der Waals surface area contributed by atoms with E-state index in [-0.39, 0.29) is 10.6 Å². The van der Waals surface area contributed by atoms with Gasteiger partial charge in [0.05, 0.1) is 0 Å². The van der Waals surface area contributed by atoms with Gasteiger partial charge in [0.15, 0.2) is 0 Å². The molecule has 1 N–H and O–H groups in total. The zero-order valence-electron chi connectivity index (χ0n) is 15.5. The molecule has 4 nitrogen and oxygen atoms in total. The molecule has 0 atom stereocenters. The summed E-state index contributed by atoms with van der Waals surface area (Å²) in [4.78, 5) is 25.5. The Kier molecular flexibility index (Phi) is 6.07. The van der Waals surface area contributed by atoms with Gasteiger partial charge in [-0.15, -0.1) is 0 Å². The van der Waals surface area contributed by atoms with Crippen molar-refractivity contribution in [3.63, 3.8) is 0 Å². The summed E-state index contributed by atoms with van der Waals surface area (Å²) >= 11 is 6.24. The normalized spacial score (nSPS) is 10.8. The molecular formula is C20H25ClN2O2. The van der Waals surface area contributed by atoms with Crippen LogP contribution in [0.5, 0.6) is 0 Å². The standard InChI is InChI=1S/C20H25ClN2O2/c1-6-7-11-23-14(4)16(19(24)17(21)15(23)5)20(25)22-18-12(2)9-8-10-13(18)3/h8-10H,6-7,11H2,1-5H3,(H,22,25). The maximum atomic E-state index is 12.9. The van der Waals surface area contributed by atoms with Crippen LogP contribution in [0.15, 0.2) is 23.0 Å². The lowest BCUT2D eigenvalue weighted by molar-refractivity contribution is 0.102. The molecule has 0 spiro atoms. The summed E-state index contributed by atoms with van der Waals surface area (Å²) in [5.74, 6) is -0.410. The molecule has 0 saturated carbocycles. The minimum atomic E-state index is -0.410. The Morgan fingerprint density at radius 3 is 2.28 bits per heavy atom. The van der Waals surface area contributed by atoms with Crippen molar-refractivity contribution < 1.29 is 4.79 Å². The molecule has 0 fully saturated rings. The maximum absolute atomic E-state index is 12.9. The number of anilines is 1. The third-order valence-corrected chi connectivity index (χ3v) is 5.04. The third-order valence-electron chi connectivity index (χ3n) is 4.60. The molecule has 0 unspecified atom stereocenters. The Morgan fingerprint density at radius 2 is 1.72 bits per heavy atom. The molecule has 0 aliphatic carbocycles. The number of aryl methyl sites for hydroxylation is 2. The van der Waals surface area contributed by atoms with Gasteiger partial charge in [-0.2, -0.15) is 0 Å². The fourth-order valence-electron chi connectivity index (χ4n) is 3.05. The number of unbranched alkanes of at least 4 members (excludes halogenated alkanes) is 1. The average Bonchev–Trinajstić information content (AvgIpc) is 2.56. The molecule has 5 heteroatoms. The zero-order chi connectivity index (χ0) is 18.7. The average molecular weight is 361 g/mol. The molecule has 1 aromatic heterocycles. The van der Waals surface area contributed by atoms with Gasteiger partial charge in [0.1, 0.15) is 10.6 Å². The smallest absolute Gasteiger partial charge is 0.261 e. The number of rotatable bonds is 5. The number of nitrogens with zero attached hydrogens (tertiary/aromatic N) is 1. The fraction of sp³-hybridized carbons (Fsp3) is 0.400. The summed E-state index contributed by atoms with van der Waals surface area (Å²) in [6, 6.07) is 5.79. The van der Waals surface area contributed by atoms with Gasteiger partial charge in [-0.1, -0.05) is 43.1 Å². The van der Waals surface area contributed by atoms with Crippen LogP contribution in [0, 0.1) is 27.7 Å². The number of halogens is 1. The number of hydrogen-bond donors (Lipinski definition) is 1. The number of para-hydroxylation sites is 1. The number of nitrogens with one attached hydrogen (secondary N) is 1. The molecule has 2 rings (SSSR count). The van der Waals surface area contributed by atoms with Crippen LogP contribution in [0.3, 0.4) is 0 Å². The molecule has 0 saturated heterocycles. The molecule has 1 aromatic carbocycles.